The van der Waals surface area contributed by atoms with E-state index in [1.54, 1.807) is 6.07 Å². The van der Waals surface area contributed by atoms with Crippen molar-refractivity contribution in [2.24, 2.45) is 0 Å². The summed E-state index contributed by atoms with van der Waals surface area (Å²) in [6, 6.07) is 4.31. The topological polar surface area (TPSA) is 46.2 Å². The van der Waals surface area contributed by atoms with Crippen molar-refractivity contribution in [2.75, 3.05) is 18.6 Å². The minimum atomic E-state index is -3.05. The molecule has 0 spiro atoms. The maximum atomic E-state index is 13.0. The van der Waals surface area contributed by atoms with Crippen LogP contribution in [-0.2, 0) is 16.3 Å². The van der Waals surface area contributed by atoms with Gasteiger partial charge < -0.3 is 5.32 Å². The quantitative estimate of drug-likeness (QED) is 0.820. The lowest BCUT2D eigenvalue weighted by molar-refractivity contribution is 0.529. The Morgan fingerprint density at radius 2 is 2.11 bits per heavy atom. The number of nitrogens with one attached hydrogen (secondary N) is 1. The van der Waals surface area contributed by atoms with E-state index in [1.807, 2.05) is 6.92 Å². The molecule has 1 aromatic carbocycles. The minimum absolute atomic E-state index is 0.0802. The highest BCUT2D eigenvalue weighted by molar-refractivity contribution is 9.10. The lowest BCUT2D eigenvalue weighted by Crippen LogP contribution is -2.37. The summed E-state index contributed by atoms with van der Waals surface area (Å²) in [6.07, 6.45) is 2.71. The van der Waals surface area contributed by atoms with Gasteiger partial charge in [0.05, 0.1) is 5.75 Å². The van der Waals surface area contributed by atoms with Gasteiger partial charge in [-0.2, -0.15) is 0 Å². The molecular formula is C13H19BrFNO2S. The number of halogens is 2. The largest absolute Gasteiger partial charge is 0.313 e. The summed E-state index contributed by atoms with van der Waals surface area (Å²) in [4.78, 5) is 0. The monoisotopic (exact) mass is 351 g/mol. The Bertz CT molecular complexity index is 519. The Morgan fingerprint density at radius 1 is 1.42 bits per heavy atom. The molecule has 0 saturated carbocycles. The van der Waals surface area contributed by atoms with Crippen LogP contribution in [0.2, 0.25) is 0 Å². The van der Waals surface area contributed by atoms with E-state index in [-0.39, 0.29) is 17.6 Å². The lowest BCUT2D eigenvalue weighted by Gasteiger charge is -2.18. The highest BCUT2D eigenvalue weighted by atomic mass is 79.9. The summed E-state index contributed by atoms with van der Waals surface area (Å²) in [5, 5.41) is 3.22. The van der Waals surface area contributed by atoms with Crippen LogP contribution in [0, 0.1) is 5.82 Å². The molecule has 0 aliphatic heterocycles. The first kappa shape index (κ1) is 16.6. The first-order chi connectivity index (χ1) is 8.81. The van der Waals surface area contributed by atoms with Gasteiger partial charge >= 0.3 is 0 Å². The number of rotatable bonds is 7. The Kier molecular flexibility index (Phi) is 6.42. The highest BCUT2D eigenvalue weighted by Gasteiger charge is 2.16. The number of hydrogen-bond donors (Lipinski definition) is 1. The molecule has 0 aliphatic carbocycles. The number of hydrogen-bond acceptors (Lipinski definition) is 3. The third-order valence-corrected chi connectivity index (χ3v) is 4.41. The summed E-state index contributed by atoms with van der Waals surface area (Å²) in [6.45, 7) is 2.79. The molecule has 1 rings (SSSR count). The van der Waals surface area contributed by atoms with Crippen LogP contribution in [0.3, 0.4) is 0 Å². The molecule has 1 aromatic rings. The maximum Gasteiger partial charge on any atom is 0.148 e. The molecule has 1 unspecified atom stereocenters. The van der Waals surface area contributed by atoms with Gasteiger partial charge in [-0.05, 0) is 37.1 Å². The average molecular weight is 352 g/mol. The molecule has 6 heteroatoms. The van der Waals surface area contributed by atoms with E-state index in [0.717, 1.165) is 18.5 Å². The lowest BCUT2D eigenvalue weighted by atomic mass is 10.1. The minimum Gasteiger partial charge on any atom is -0.313 e. The van der Waals surface area contributed by atoms with Gasteiger partial charge in [-0.1, -0.05) is 28.9 Å². The van der Waals surface area contributed by atoms with Crippen molar-refractivity contribution < 1.29 is 12.8 Å². The zero-order chi connectivity index (χ0) is 14.5. The molecule has 19 heavy (non-hydrogen) atoms. The predicted molar refractivity (Wildman–Crippen MR) is 79.6 cm³/mol. The van der Waals surface area contributed by atoms with E-state index in [2.05, 4.69) is 21.2 Å². The smallest absolute Gasteiger partial charge is 0.148 e. The Balaban J connectivity index is 2.81. The molecular weight excluding hydrogens is 333 g/mol. The summed E-state index contributed by atoms with van der Waals surface area (Å²) in [5.41, 5.74) is 0.902. The Labute approximate surface area is 122 Å². The second kappa shape index (κ2) is 7.36. The SMILES string of the molecule is CCCNC(Cc1ccc(F)cc1Br)CS(C)(=O)=O. The first-order valence-electron chi connectivity index (χ1n) is 6.17. The molecule has 0 heterocycles. The normalized spacial score (nSPS) is 13.5. The van der Waals surface area contributed by atoms with Crippen LogP contribution in [0.1, 0.15) is 18.9 Å². The second-order valence-electron chi connectivity index (χ2n) is 4.68. The summed E-state index contributed by atoms with van der Waals surface area (Å²) >= 11 is 3.31. The van der Waals surface area contributed by atoms with Crippen LogP contribution < -0.4 is 5.32 Å². The molecule has 0 aromatic heterocycles. The van der Waals surface area contributed by atoms with E-state index < -0.39 is 9.84 Å². The number of sulfone groups is 1. The zero-order valence-corrected chi connectivity index (χ0v) is 13.5. The van der Waals surface area contributed by atoms with Crippen LogP contribution in [0.25, 0.3) is 0 Å². The van der Waals surface area contributed by atoms with Gasteiger partial charge in [0.1, 0.15) is 15.7 Å². The van der Waals surface area contributed by atoms with Crippen LogP contribution >= 0.6 is 15.9 Å². The van der Waals surface area contributed by atoms with Crippen LogP contribution in [-0.4, -0.2) is 33.0 Å². The fourth-order valence-electron chi connectivity index (χ4n) is 1.86. The van der Waals surface area contributed by atoms with Crippen LogP contribution in [0.15, 0.2) is 22.7 Å². The molecule has 0 fully saturated rings. The van der Waals surface area contributed by atoms with E-state index >= 15 is 0 Å². The van der Waals surface area contributed by atoms with Gasteiger partial charge in [0.25, 0.3) is 0 Å². The fourth-order valence-corrected chi connectivity index (χ4v) is 3.34. The van der Waals surface area contributed by atoms with Crippen LogP contribution in [0.5, 0.6) is 0 Å². The maximum absolute atomic E-state index is 13.0. The Hall–Kier alpha value is -0.460. The van der Waals surface area contributed by atoms with Gasteiger partial charge in [-0.25, -0.2) is 12.8 Å². The van der Waals surface area contributed by atoms with Gasteiger partial charge in [0.15, 0.2) is 0 Å². The summed E-state index contributed by atoms with van der Waals surface area (Å²) in [7, 11) is -3.05. The molecule has 1 atom stereocenters. The van der Waals surface area contributed by atoms with Crippen molar-refractivity contribution in [3.63, 3.8) is 0 Å². The van der Waals surface area contributed by atoms with Crippen molar-refractivity contribution in [1.82, 2.24) is 5.32 Å². The van der Waals surface area contributed by atoms with Gasteiger partial charge in [-0.3, -0.25) is 0 Å². The molecule has 0 bridgehead atoms. The van der Waals surface area contributed by atoms with Crippen molar-refractivity contribution in [2.45, 2.75) is 25.8 Å². The first-order valence-corrected chi connectivity index (χ1v) is 9.02. The third-order valence-electron chi connectivity index (χ3n) is 2.67. The molecule has 3 nitrogen and oxygen atoms in total. The molecule has 0 aliphatic rings. The van der Waals surface area contributed by atoms with Gasteiger partial charge in [0.2, 0.25) is 0 Å². The molecule has 1 N–H and O–H groups in total. The van der Waals surface area contributed by atoms with E-state index in [1.165, 1.54) is 18.4 Å². The average Bonchev–Trinajstić information content (AvgIpc) is 2.27. The van der Waals surface area contributed by atoms with E-state index in [0.29, 0.717) is 10.9 Å². The van der Waals surface area contributed by atoms with Gasteiger partial charge in [-0.15, -0.1) is 0 Å². The summed E-state index contributed by atoms with van der Waals surface area (Å²) in [5.74, 6) is -0.228. The van der Waals surface area contributed by atoms with Gasteiger partial charge in [0, 0.05) is 16.8 Å². The van der Waals surface area contributed by atoms with Crippen molar-refractivity contribution in [3.8, 4) is 0 Å². The Morgan fingerprint density at radius 3 is 2.63 bits per heavy atom. The van der Waals surface area contributed by atoms with E-state index in [9.17, 15) is 12.8 Å². The fraction of sp³-hybridized carbons (Fsp3) is 0.538. The molecule has 0 saturated heterocycles. The van der Waals surface area contributed by atoms with Crippen molar-refractivity contribution in [1.29, 1.82) is 0 Å². The van der Waals surface area contributed by atoms with Crippen molar-refractivity contribution >= 4 is 25.8 Å². The zero-order valence-electron chi connectivity index (χ0n) is 11.1. The molecule has 0 amide bonds. The predicted octanol–water partition coefficient (Wildman–Crippen LogP) is 2.54. The molecule has 0 radical (unpaired) electrons. The summed E-state index contributed by atoms with van der Waals surface area (Å²) < 4.78 is 36.5. The van der Waals surface area contributed by atoms with Crippen molar-refractivity contribution in [3.05, 3.63) is 34.1 Å². The highest BCUT2D eigenvalue weighted by Crippen LogP contribution is 2.19. The molecule has 108 valence electrons. The second-order valence-corrected chi connectivity index (χ2v) is 7.72. The van der Waals surface area contributed by atoms with E-state index in [4.69, 9.17) is 0 Å². The number of benzene rings is 1. The van der Waals surface area contributed by atoms with Crippen LogP contribution in [0.4, 0.5) is 4.39 Å². The third kappa shape index (κ3) is 6.49. The standard InChI is InChI=1S/C13H19BrFNO2S/c1-3-6-16-12(9-19(2,17)18)7-10-4-5-11(15)8-13(10)14/h4-5,8,12,16H,3,6-7,9H2,1-2H3.